The van der Waals surface area contributed by atoms with Crippen molar-refractivity contribution >= 4 is 17.2 Å². The lowest BCUT2D eigenvalue weighted by molar-refractivity contribution is -0.125. The second-order valence-electron chi connectivity index (χ2n) is 5.93. The molecule has 0 radical (unpaired) electrons. The maximum absolute atomic E-state index is 12.3. The molecule has 0 fully saturated rings. The predicted molar refractivity (Wildman–Crippen MR) is 97.1 cm³/mol. The molecule has 2 aromatic heterocycles. The molecule has 2 heterocycles. The Morgan fingerprint density at radius 3 is 2.62 bits per heavy atom. The Morgan fingerprint density at radius 2 is 2.04 bits per heavy atom. The van der Waals surface area contributed by atoms with Crippen LogP contribution in [-0.4, -0.2) is 26.8 Å². The van der Waals surface area contributed by atoms with Crippen LogP contribution >= 0.6 is 11.3 Å². The smallest absolute Gasteiger partial charge is 0.346 e. The van der Waals surface area contributed by atoms with Crippen LogP contribution in [0.25, 0.3) is 10.7 Å². The van der Waals surface area contributed by atoms with Crippen molar-refractivity contribution < 1.29 is 4.79 Å². The lowest BCUT2D eigenvalue weighted by Gasteiger charge is -2.14. The van der Waals surface area contributed by atoms with E-state index >= 15 is 0 Å². The Labute approximate surface area is 146 Å². The first kappa shape index (κ1) is 18.4. The van der Waals surface area contributed by atoms with Crippen molar-refractivity contribution in [3.63, 3.8) is 0 Å². The zero-order valence-electron chi connectivity index (χ0n) is 14.6. The van der Waals surface area contributed by atoms with Crippen molar-refractivity contribution in [2.45, 2.75) is 46.1 Å². The zero-order valence-corrected chi connectivity index (χ0v) is 15.4. The van der Waals surface area contributed by atoms with E-state index in [1.165, 1.54) is 4.68 Å². The van der Waals surface area contributed by atoms with E-state index < -0.39 is 0 Å². The topological polar surface area (TPSA) is 68.9 Å². The fourth-order valence-electron chi connectivity index (χ4n) is 2.79. The van der Waals surface area contributed by atoms with E-state index in [9.17, 15) is 9.59 Å². The lowest BCUT2D eigenvalue weighted by atomic mass is 9.97. The first-order valence-electron chi connectivity index (χ1n) is 8.53. The van der Waals surface area contributed by atoms with E-state index in [4.69, 9.17) is 0 Å². The molecule has 0 saturated carbocycles. The Bertz CT molecular complexity index is 697. The van der Waals surface area contributed by atoms with Crippen LogP contribution < -0.4 is 11.0 Å². The molecule has 0 spiro atoms. The van der Waals surface area contributed by atoms with Gasteiger partial charge in [-0.1, -0.05) is 32.8 Å². The van der Waals surface area contributed by atoms with E-state index in [0.717, 1.165) is 30.6 Å². The van der Waals surface area contributed by atoms with Gasteiger partial charge in [-0.15, -0.1) is 16.4 Å². The number of thiophene rings is 1. The highest BCUT2D eigenvalue weighted by atomic mass is 32.1. The van der Waals surface area contributed by atoms with Gasteiger partial charge in [-0.25, -0.2) is 9.48 Å². The number of hydrogen-bond donors (Lipinski definition) is 1. The van der Waals surface area contributed by atoms with E-state index in [1.54, 1.807) is 23.0 Å². The maximum Gasteiger partial charge on any atom is 0.346 e. The summed E-state index contributed by atoms with van der Waals surface area (Å²) >= 11 is 1.55. The molecule has 0 saturated heterocycles. The van der Waals surface area contributed by atoms with Crippen LogP contribution in [0.1, 0.15) is 39.5 Å². The number of carbonyl (C=O) groups is 1. The summed E-state index contributed by atoms with van der Waals surface area (Å²) in [5, 5.41) is 9.30. The third-order valence-electron chi connectivity index (χ3n) is 4.05. The standard InChI is InChI=1S/C17H26N4O2S/c1-4-7-13(8-5-2)16(22)18-10-11-21-17(23)20(3)15(19-21)14-9-6-12-24-14/h6,9,12-13H,4-5,7-8,10-11H2,1-3H3,(H,18,22). The highest BCUT2D eigenvalue weighted by Crippen LogP contribution is 2.20. The van der Waals surface area contributed by atoms with Crippen molar-refractivity contribution in [2.75, 3.05) is 6.54 Å². The summed E-state index contributed by atoms with van der Waals surface area (Å²) in [6, 6.07) is 3.88. The number of rotatable bonds is 9. The highest BCUT2D eigenvalue weighted by molar-refractivity contribution is 7.13. The summed E-state index contributed by atoms with van der Waals surface area (Å²) in [6.45, 7) is 4.99. The fourth-order valence-corrected chi connectivity index (χ4v) is 3.53. The maximum atomic E-state index is 12.3. The Morgan fingerprint density at radius 1 is 1.33 bits per heavy atom. The number of hydrogen-bond acceptors (Lipinski definition) is 4. The van der Waals surface area contributed by atoms with Gasteiger partial charge in [0, 0.05) is 19.5 Å². The van der Waals surface area contributed by atoms with E-state index in [0.29, 0.717) is 18.9 Å². The Hall–Kier alpha value is -1.89. The summed E-state index contributed by atoms with van der Waals surface area (Å²) in [7, 11) is 1.72. The monoisotopic (exact) mass is 350 g/mol. The lowest BCUT2D eigenvalue weighted by Crippen LogP contribution is -2.35. The largest absolute Gasteiger partial charge is 0.354 e. The minimum atomic E-state index is -0.161. The number of carbonyl (C=O) groups excluding carboxylic acids is 1. The van der Waals surface area contributed by atoms with Crippen LogP contribution in [0.4, 0.5) is 0 Å². The highest BCUT2D eigenvalue weighted by Gasteiger charge is 2.17. The zero-order chi connectivity index (χ0) is 17.5. The second-order valence-corrected chi connectivity index (χ2v) is 6.88. The summed E-state index contributed by atoms with van der Waals surface area (Å²) in [5.74, 6) is 0.819. The molecule has 7 heteroatoms. The van der Waals surface area contributed by atoms with Crippen molar-refractivity contribution in [3.8, 4) is 10.7 Å². The number of aromatic nitrogens is 3. The van der Waals surface area contributed by atoms with Gasteiger partial charge in [0.25, 0.3) is 0 Å². The number of nitrogens with zero attached hydrogens (tertiary/aromatic N) is 3. The summed E-state index contributed by atoms with van der Waals surface area (Å²) < 4.78 is 2.97. The van der Waals surface area contributed by atoms with Gasteiger partial charge in [-0.3, -0.25) is 9.36 Å². The van der Waals surface area contributed by atoms with E-state index in [-0.39, 0.29) is 17.5 Å². The molecule has 2 aromatic rings. The summed E-state index contributed by atoms with van der Waals surface area (Å²) in [6.07, 6.45) is 3.82. The predicted octanol–water partition coefficient (Wildman–Crippen LogP) is 2.64. The van der Waals surface area contributed by atoms with Crippen molar-refractivity contribution in [1.82, 2.24) is 19.7 Å². The van der Waals surface area contributed by atoms with Gasteiger partial charge in [0.1, 0.15) is 0 Å². The molecule has 0 aliphatic rings. The van der Waals surface area contributed by atoms with Crippen LogP contribution in [0.5, 0.6) is 0 Å². The average Bonchev–Trinajstić information content (AvgIpc) is 3.18. The van der Waals surface area contributed by atoms with Crippen LogP contribution in [0.2, 0.25) is 0 Å². The Kier molecular flexibility index (Phi) is 6.78. The summed E-state index contributed by atoms with van der Waals surface area (Å²) in [4.78, 5) is 25.5. The van der Waals surface area contributed by atoms with Crippen LogP contribution in [0.3, 0.4) is 0 Å². The number of nitrogens with one attached hydrogen (secondary N) is 1. The molecular formula is C17H26N4O2S. The van der Waals surface area contributed by atoms with E-state index in [1.807, 2.05) is 17.5 Å². The van der Waals surface area contributed by atoms with Gasteiger partial charge in [0.05, 0.1) is 11.4 Å². The molecule has 24 heavy (non-hydrogen) atoms. The molecule has 0 aliphatic carbocycles. The average molecular weight is 350 g/mol. The van der Waals surface area contributed by atoms with Crippen LogP contribution in [0.15, 0.2) is 22.3 Å². The molecule has 132 valence electrons. The first-order valence-corrected chi connectivity index (χ1v) is 9.41. The third-order valence-corrected chi connectivity index (χ3v) is 4.92. The van der Waals surface area contributed by atoms with Gasteiger partial charge in [-0.2, -0.15) is 0 Å². The minimum Gasteiger partial charge on any atom is -0.354 e. The minimum absolute atomic E-state index is 0.0714. The molecule has 0 unspecified atom stereocenters. The SMILES string of the molecule is CCCC(CCC)C(=O)NCCn1nc(-c2cccs2)n(C)c1=O. The van der Waals surface area contributed by atoms with Crippen molar-refractivity contribution in [3.05, 3.63) is 28.0 Å². The molecule has 0 atom stereocenters. The molecule has 6 nitrogen and oxygen atoms in total. The van der Waals surface area contributed by atoms with Crippen LogP contribution in [-0.2, 0) is 18.4 Å². The molecule has 1 N–H and O–H groups in total. The molecule has 0 aromatic carbocycles. The third kappa shape index (κ3) is 4.35. The van der Waals surface area contributed by atoms with Gasteiger partial charge in [0.15, 0.2) is 5.82 Å². The van der Waals surface area contributed by atoms with E-state index in [2.05, 4.69) is 24.3 Å². The normalized spacial score (nSPS) is 11.2. The molecule has 1 amide bonds. The molecule has 2 rings (SSSR count). The molecular weight excluding hydrogens is 324 g/mol. The fraction of sp³-hybridized carbons (Fsp3) is 0.588. The first-order chi connectivity index (χ1) is 11.6. The van der Waals surface area contributed by atoms with Gasteiger partial charge >= 0.3 is 5.69 Å². The second kappa shape index (κ2) is 8.82. The van der Waals surface area contributed by atoms with Crippen molar-refractivity contribution in [2.24, 2.45) is 13.0 Å². The van der Waals surface area contributed by atoms with Crippen molar-refractivity contribution in [1.29, 1.82) is 0 Å². The van der Waals surface area contributed by atoms with Gasteiger partial charge < -0.3 is 5.32 Å². The molecule has 0 aliphatic heterocycles. The van der Waals surface area contributed by atoms with Gasteiger partial charge in [0.2, 0.25) is 5.91 Å². The van der Waals surface area contributed by atoms with Gasteiger partial charge in [-0.05, 0) is 24.3 Å². The quantitative estimate of drug-likeness (QED) is 0.756. The van der Waals surface area contributed by atoms with Crippen LogP contribution in [0, 0.1) is 5.92 Å². The number of amides is 1. The Balaban J connectivity index is 1.96. The summed E-state index contributed by atoms with van der Waals surface area (Å²) in [5.41, 5.74) is -0.161. The molecule has 0 bridgehead atoms.